The monoisotopic (exact) mass is 285 g/mol. The second kappa shape index (κ2) is 6.61. The Kier molecular flexibility index (Phi) is 4.84. The predicted molar refractivity (Wildman–Crippen MR) is 87.3 cm³/mol. The molecule has 3 nitrogen and oxygen atoms in total. The van der Waals surface area contributed by atoms with E-state index in [-0.39, 0.29) is 0 Å². The minimum Gasteiger partial charge on any atom is -0.478 e. The van der Waals surface area contributed by atoms with E-state index in [1.807, 2.05) is 13.0 Å². The van der Waals surface area contributed by atoms with E-state index in [1.165, 1.54) is 24.4 Å². The van der Waals surface area contributed by atoms with Crippen LogP contribution in [0, 0.1) is 5.92 Å². The maximum absolute atomic E-state index is 10.8. The number of carbonyl (C=O) groups is 1. The van der Waals surface area contributed by atoms with Crippen LogP contribution in [0.25, 0.3) is 16.5 Å². The Morgan fingerprint density at radius 3 is 2.81 bits per heavy atom. The smallest absolute Gasteiger partial charge is 0.328 e. The topological polar surface area (TPSA) is 42.2 Å². The summed E-state index contributed by atoms with van der Waals surface area (Å²) in [5.74, 6) is -0.238. The van der Waals surface area contributed by atoms with Crippen LogP contribution in [0.4, 0.5) is 0 Å². The van der Waals surface area contributed by atoms with Gasteiger partial charge in [-0.25, -0.2) is 4.79 Å². The molecule has 0 saturated heterocycles. The van der Waals surface area contributed by atoms with Crippen LogP contribution < -0.4 is 0 Å². The van der Waals surface area contributed by atoms with Crippen molar-refractivity contribution in [1.29, 1.82) is 0 Å². The van der Waals surface area contributed by atoms with Crippen LogP contribution in [0.15, 0.2) is 36.5 Å². The van der Waals surface area contributed by atoms with Gasteiger partial charge in [0.05, 0.1) is 0 Å². The van der Waals surface area contributed by atoms with Crippen molar-refractivity contribution in [3.8, 4) is 0 Å². The summed E-state index contributed by atoms with van der Waals surface area (Å²) in [5, 5.41) is 9.99. The van der Waals surface area contributed by atoms with Gasteiger partial charge in [0.1, 0.15) is 0 Å². The first-order valence-corrected chi connectivity index (χ1v) is 7.51. The van der Waals surface area contributed by atoms with E-state index >= 15 is 0 Å². The van der Waals surface area contributed by atoms with Crippen molar-refractivity contribution in [3.63, 3.8) is 0 Å². The second-order valence-corrected chi connectivity index (χ2v) is 5.80. The summed E-state index contributed by atoms with van der Waals surface area (Å²) in [5.41, 5.74) is 2.95. The van der Waals surface area contributed by atoms with Gasteiger partial charge in [-0.3, -0.25) is 0 Å². The highest BCUT2D eigenvalue weighted by Crippen LogP contribution is 2.23. The molecule has 0 spiro atoms. The Balaban J connectivity index is 2.29. The zero-order valence-corrected chi connectivity index (χ0v) is 13.0. The number of allylic oxidation sites excluding steroid dienone is 1. The van der Waals surface area contributed by atoms with Gasteiger partial charge in [0, 0.05) is 29.7 Å². The highest BCUT2D eigenvalue weighted by atomic mass is 16.4. The number of hydrogen-bond donors (Lipinski definition) is 1. The van der Waals surface area contributed by atoms with Crippen molar-refractivity contribution >= 4 is 22.4 Å². The lowest BCUT2D eigenvalue weighted by molar-refractivity contribution is -0.131. The van der Waals surface area contributed by atoms with Crippen LogP contribution in [0.3, 0.4) is 0 Å². The molecule has 0 radical (unpaired) electrons. The third-order valence-electron chi connectivity index (χ3n) is 3.86. The molecule has 1 atom stereocenters. The molecular weight excluding hydrogens is 262 g/mol. The molecule has 21 heavy (non-hydrogen) atoms. The Bertz CT molecular complexity index is 667. The SMILES string of the molecule is CCCC(C)Cn1ccc2cc(/C(C)=C/C(=O)O)ccc21. The third kappa shape index (κ3) is 3.75. The van der Waals surface area contributed by atoms with Crippen LogP contribution in [0.2, 0.25) is 0 Å². The average molecular weight is 285 g/mol. The summed E-state index contributed by atoms with van der Waals surface area (Å²) < 4.78 is 2.29. The minimum absolute atomic E-state index is 0.666. The van der Waals surface area contributed by atoms with Crippen LogP contribution >= 0.6 is 0 Å². The summed E-state index contributed by atoms with van der Waals surface area (Å²) in [6.07, 6.45) is 5.82. The molecule has 0 saturated carbocycles. The third-order valence-corrected chi connectivity index (χ3v) is 3.86. The minimum atomic E-state index is -0.904. The number of fused-ring (bicyclic) bond motifs is 1. The van der Waals surface area contributed by atoms with Gasteiger partial charge in [0.25, 0.3) is 0 Å². The van der Waals surface area contributed by atoms with Crippen LogP contribution in [-0.4, -0.2) is 15.6 Å². The second-order valence-electron chi connectivity index (χ2n) is 5.80. The maximum Gasteiger partial charge on any atom is 0.328 e. The van der Waals surface area contributed by atoms with Crippen molar-refractivity contribution in [1.82, 2.24) is 4.57 Å². The van der Waals surface area contributed by atoms with Gasteiger partial charge < -0.3 is 9.67 Å². The summed E-state index contributed by atoms with van der Waals surface area (Å²) in [4.78, 5) is 10.8. The van der Waals surface area contributed by atoms with E-state index in [0.29, 0.717) is 5.92 Å². The summed E-state index contributed by atoms with van der Waals surface area (Å²) >= 11 is 0. The number of aromatic nitrogens is 1. The molecule has 1 heterocycles. The first kappa shape index (κ1) is 15.4. The van der Waals surface area contributed by atoms with Crippen molar-refractivity contribution in [2.45, 2.75) is 40.2 Å². The Morgan fingerprint density at radius 1 is 1.38 bits per heavy atom. The standard InChI is InChI=1S/C18H23NO2/c1-4-5-13(2)12-19-9-8-16-11-15(6-7-17(16)19)14(3)10-18(20)21/h6-11,13H,4-5,12H2,1-3H3,(H,20,21)/b14-10+. The van der Waals surface area contributed by atoms with E-state index in [0.717, 1.165) is 23.1 Å². The summed E-state index contributed by atoms with van der Waals surface area (Å²) in [6.45, 7) is 7.35. The van der Waals surface area contributed by atoms with Crippen LogP contribution in [-0.2, 0) is 11.3 Å². The molecule has 0 fully saturated rings. The van der Waals surface area contributed by atoms with E-state index < -0.39 is 5.97 Å². The molecule has 0 aliphatic rings. The zero-order valence-electron chi connectivity index (χ0n) is 13.0. The molecule has 3 heteroatoms. The van der Waals surface area contributed by atoms with Gasteiger partial charge in [-0.2, -0.15) is 0 Å². The number of carboxylic acid groups (broad SMARTS) is 1. The molecule has 0 amide bonds. The van der Waals surface area contributed by atoms with Gasteiger partial charge >= 0.3 is 5.97 Å². The van der Waals surface area contributed by atoms with E-state index in [2.05, 4.69) is 42.8 Å². The van der Waals surface area contributed by atoms with Crippen LogP contribution in [0.1, 0.15) is 39.2 Å². The number of benzene rings is 1. The molecule has 112 valence electrons. The molecule has 0 bridgehead atoms. The first-order valence-electron chi connectivity index (χ1n) is 7.51. The molecule has 2 rings (SSSR count). The lowest BCUT2D eigenvalue weighted by atomic mass is 10.0. The van der Waals surface area contributed by atoms with Gasteiger partial charge in [0.15, 0.2) is 0 Å². The Morgan fingerprint density at radius 2 is 2.14 bits per heavy atom. The lowest BCUT2D eigenvalue weighted by Crippen LogP contribution is -2.06. The Hall–Kier alpha value is -2.03. The maximum atomic E-state index is 10.8. The van der Waals surface area contributed by atoms with Crippen molar-refractivity contribution < 1.29 is 9.90 Å². The quantitative estimate of drug-likeness (QED) is 0.790. The number of rotatable bonds is 6. The van der Waals surface area contributed by atoms with Gasteiger partial charge in [-0.05, 0) is 48.6 Å². The molecule has 1 aromatic carbocycles. The number of aliphatic carboxylic acids is 1. The molecule has 1 N–H and O–H groups in total. The van der Waals surface area contributed by atoms with Crippen molar-refractivity contribution in [2.24, 2.45) is 5.92 Å². The van der Waals surface area contributed by atoms with E-state index in [9.17, 15) is 4.79 Å². The molecular formula is C18H23NO2. The van der Waals surface area contributed by atoms with Crippen LogP contribution in [0.5, 0.6) is 0 Å². The Labute approximate surface area is 125 Å². The fourth-order valence-corrected chi connectivity index (χ4v) is 2.79. The normalized spacial score (nSPS) is 13.6. The zero-order chi connectivity index (χ0) is 15.4. The van der Waals surface area contributed by atoms with Gasteiger partial charge in [-0.1, -0.05) is 26.3 Å². The summed E-state index contributed by atoms with van der Waals surface area (Å²) in [6, 6.07) is 8.25. The molecule has 1 aromatic heterocycles. The molecule has 0 aliphatic heterocycles. The number of hydrogen-bond acceptors (Lipinski definition) is 1. The largest absolute Gasteiger partial charge is 0.478 e. The first-order chi connectivity index (χ1) is 10.0. The van der Waals surface area contributed by atoms with Gasteiger partial charge in [0.2, 0.25) is 0 Å². The average Bonchev–Trinajstić information content (AvgIpc) is 2.80. The molecule has 0 aliphatic carbocycles. The highest BCUT2D eigenvalue weighted by molar-refractivity contribution is 5.91. The number of carboxylic acids is 1. The fourth-order valence-electron chi connectivity index (χ4n) is 2.79. The fraction of sp³-hybridized carbons (Fsp3) is 0.389. The number of nitrogens with zero attached hydrogens (tertiary/aromatic N) is 1. The predicted octanol–water partition coefficient (Wildman–Crippen LogP) is 4.57. The van der Waals surface area contributed by atoms with E-state index in [4.69, 9.17) is 5.11 Å². The lowest BCUT2D eigenvalue weighted by Gasteiger charge is -2.12. The van der Waals surface area contributed by atoms with E-state index in [1.54, 1.807) is 0 Å². The van der Waals surface area contributed by atoms with Crippen molar-refractivity contribution in [2.75, 3.05) is 0 Å². The molecule has 2 aromatic rings. The van der Waals surface area contributed by atoms with Crippen molar-refractivity contribution in [3.05, 3.63) is 42.1 Å². The van der Waals surface area contributed by atoms with Gasteiger partial charge in [-0.15, -0.1) is 0 Å². The summed E-state index contributed by atoms with van der Waals surface area (Å²) in [7, 11) is 0. The molecule has 1 unspecified atom stereocenters. The highest BCUT2D eigenvalue weighted by Gasteiger charge is 2.07.